The highest BCUT2D eigenvalue weighted by atomic mass is 16.5. The van der Waals surface area contributed by atoms with Crippen LogP contribution in [-0.2, 0) is 11.3 Å². The van der Waals surface area contributed by atoms with Gasteiger partial charge in [0.05, 0.1) is 25.0 Å². The van der Waals surface area contributed by atoms with E-state index in [0.717, 1.165) is 31.7 Å². The summed E-state index contributed by atoms with van der Waals surface area (Å²) in [6.45, 7) is 2.55. The number of esters is 1. The normalized spacial score (nSPS) is 16.8. The van der Waals surface area contributed by atoms with Crippen LogP contribution in [0.25, 0.3) is 11.3 Å². The quantitative estimate of drug-likeness (QED) is 0.680. The van der Waals surface area contributed by atoms with Crippen molar-refractivity contribution in [2.24, 2.45) is 0 Å². The van der Waals surface area contributed by atoms with Crippen molar-refractivity contribution in [3.63, 3.8) is 0 Å². The van der Waals surface area contributed by atoms with Gasteiger partial charge in [-0.3, -0.25) is 9.69 Å². The van der Waals surface area contributed by atoms with E-state index in [1.54, 1.807) is 18.7 Å². The zero-order valence-electron chi connectivity index (χ0n) is 15.9. The molecule has 8 heteroatoms. The molecule has 1 aromatic rings. The van der Waals surface area contributed by atoms with Crippen LogP contribution in [0.2, 0.25) is 0 Å². The minimum absolute atomic E-state index is 0.0167. The standard InChI is InChI=1S/C20H24N4O4/c1-27-20(26)15-12-23(11-14-18(15)21-22-19(14)25)13-16(17-7-6-10-28-17)24-8-4-2-3-5-9-24/h6-7,10-12,16H,2-5,8-9,13H2,1H3,(H,22,25)/t16-/m1/s1. The first kappa shape index (κ1) is 18.5. The molecule has 3 aliphatic rings. The molecule has 8 nitrogen and oxygen atoms in total. The number of furan rings is 1. The molecule has 0 aromatic carbocycles. The lowest BCUT2D eigenvalue weighted by Crippen LogP contribution is -2.32. The number of fused-ring (bicyclic) bond motifs is 1. The van der Waals surface area contributed by atoms with Crippen LogP contribution >= 0.6 is 0 Å². The van der Waals surface area contributed by atoms with Gasteiger partial charge in [-0.25, -0.2) is 9.89 Å². The molecule has 1 atom stereocenters. The number of aromatic amines is 1. The van der Waals surface area contributed by atoms with Crippen molar-refractivity contribution in [3.8, 4) is 11.3 Å². The number of likely N-dealkylation sites (tertiary alicyclic amines) is 1. The number of pyridine rings is 1. The predicted octanol–water partition coefficient (Wildman–Crippen LogP) is 2.67. The molecule has 1 saturated heterocycles. The average Bonchev–Trinajstić information content (AvgIpc) is 3.28. The summed E-state index contributed by atoms with van der Waals surface area (Å²) in [5.41, 5.74) is 0.653. The Morgan fingerprint density at radius 3 is 2.75 bits per heavy atom. The Kier molecular flexibility index (Phi) is 5.29. The third-order valence-corrected chi connectivity index (χ3v) is 5.36. The summed E-state index contributed by atoms with van der Waals surface area (Å²) in [5, 5.41) is 6.40. The summed E-state index contributed by atoms with van der Waals surface area (Å²) in [6.07, 6.45) is 9.90. The maximum absolute atomic E-state index is 12.2. The molecule has 148 valence electrons. The van der Waals surface area contributed by atoms with E-state index in [-0.39, 0.29) is 17.2 Å². The topological polar surface area (TPSA) is 93.4 Å². The number of hydrogen-bond acceptors (Lipinski definition) is 6. The summed E-state index contributed by atoms with van der Waals surface area (Å²) >= 11 is 0. The van der Waals surface area contributed by atoms with E-state index in [1.165, 1.54) is 20.0 Å². The number of ether oxygens (including phenoxy) is 1. The molecular formula is C20H24N4O4. The van der Waals surface area contributed by atoms with E-state index in [9.17, 15) is 9.59 Å². The number of aromatic nitrogens is 3. The van der Waals surface area contributed by atoms with Crippen molar-refractivity contribution < 1.29 is 13.9 Å². The number of nitrogens with zero attached hydrogens (tertiary/aromatic N) is 3. The molecule has 1 N–H and O–H groups in total. The highest BCUT2D eigenvalue weighted by Crippen LogP contribution is 2.28. The second kappa shape index (κ2) is 8.02. The molecule has 28 heavy (non-hydrogen) atoms. The fourth-order valence-corrected chi connectivity index (χ4v) is 3.93. The Bertz CT molecular complexity index is 951. The van der Waals surface area contributed by atoms with Crippen LogP contribution < -0.4 is 5.56 Å². The Morgan fingerprint density at radius 2 is 2.07 bits per heavy atom. The van der Waals surface area contributed by atoms with Crippen LogP contribution in [0.1, 0.15) is 47.8 Å². The minimum Gasteiger partial charge on any atom is -0.468 e. The predicted molar refractivity (Wildman–Crippen MR) is 102 cm³/mol. The number of H-pyrrole nitrogens is 1. The summed E-state index contributed by atoms with van der Waals surface area (Å²) < 4.78 is 12.5. The number of rotatable bonds is 5. The van der Waals surface area contributed by atoms with Gasteiger partial charge in [0, 0.05) is 18.9 Å². The SMILES string of the molecule is COC(=O)c1cn(C[C@H](c2ccco2)N2CCCCCC2)cc2c(=O)[nH]nc1-2. The van der Waals surface area contributed by atoms with Gasteiger partial charge in [-0.2, -0.15) is 5.10 Å². The Morgan fingerprint density at radius 1 is 1.29 bits per heavy atom. The van der Waals surface area contributed by atoms with Crippen LogP contribution in [0.15, 0.2) is 40.0 Å². The van der Waals surface area contributed by atoms with Crippen molar-refractivity contribution in [2.45, 2.75) is 38.3 Å². The third kappa shape index (κ3) is 3.60. The van der Waals surface area contributed by atoms with Crippen molar-refractivity contribution in [1.29, 1.82) is 0 Å². The molecule has 4 heterocycles. The lowest BCUT2D eigenvalue weighted by atomic mass is 10.1. The van der Waals surface area contributed by atoms with Crippen LogP contribution in [0.3, 0.4) is 0 Å². The molecule has 0 spiro atoms. The van der Waals surface area contributed by atoms with Crippen molar-refractivity contribution in [1.82, 2.24) is 19.7 Å². The lowest BCUT2D eigenvalue weighted by Gasteiger charge is -2.30. The van der Waals surface area contributed by atoms with Gasteiger partial charge in [-0.15, -0.1) is 0 Å². The highest BCUT2D eigenvalue weighted by molar-refractivity contribution is 5.95. The third-order valence-electron chi connectivity index (χ3n) is 5.36. The van der Waals surface area contributed by atoms with Crippen LogP contribution in [0, 0.1) is 0 Å². The fourth-order valence-electron chi connectivity index (χ4n) is 3.93. The number of carbonyl (C=O) groups excluding carboxylic acids is 1. The average molecular weight is 384 g/mol. The minimum atomic E-state index is -0.518. The van der Waals surface area contributed by atoms with Crippen molar-refractivity contribution in [2.75, 3.05) is 20.2 Å². The summed E-state index contributed by atoms with van der Waals surface area (Å²) in [4.78, 5) is 26.8. The molecular weight excluding hydrogens is 360 g/mol. The van der Waals surface area contributed by atoms with Gasteiger partial charge in [-0.05, 0) is 38.1 Å². The van der Waals surface area contributed by atoms with Gasteiger partial charge in [0.25, 0.3) is 5.56 Å². The highest BCUT2D eigenvalue weighted by Gasteiger charge is 2.27. The maximum atomic E-state index is 12.2. The van der Waals surface area contributed by atoms with E-state index in [0.29, 0.717) is 17.8 Å². The zero-order valence-corrected chi connectivity index (χ0v) is 15.9. The summed E-state index contributed by atoms with van der Waals surface area (Å²) in [7, 11) is 1.32. The van der Waals surface area contributed by atoms with Crippen LogP contribution in [-0.4, -0.2) is 45.8 Å². The number of hydrogen-bond donors (Lipinski definition) is 1. The molecule has 1 aromatic heterocycles. The van der Waals surface area contributed by atoms with E-state index >= 15 is 0 Å². The van der Waals surface area contributed by atoms with Gasteiger partial charge in [-0.1, -0.05) is 12.8 Å². The maximum Gasteiger partial charge on any atom is 0.341 e. The van der Waals surface area contributed by atoms with Gasteiger partial charge in [0.1, 0.15) is 17.0 Å². The number of carbonyl (C=O) groups is 1. The first-order chi connectivity index (χ1) is 13.7. The first-order valence-electron chi connectivity index (χ1n) is 9.61. The van der Waals surface area contributed by atoms with E-state index in [4.69, 9.17) is 9.15 Å². The number of methoxy groups -OCH3 is 1. The monoisotopic (exact) mass is 384 g/mol. The van der Waals surface area contributed by atoms with Crippen LogP contribution in [0.4, 0.5) is 0 Å². The van der Waals surface area contributed by atoms with Gasteiger partial charge in [0.15, 0.2) is 0 Å². The molecule has 0 amide bonds. The Hall–Kier alpha value is -2.87. The van der Waals surface area contributed by atoms with Crippen molar-refractivity contribution in [3.05, 3.63) is 52.5 Å². The summed E-state index contributed by atoms with van der Waals surface area (Å²) in [5.74, 6) is 0.360. The second-order valence-corrected chi connectivity index (χ2v) is 7.16. The van der Waals surface area contributed by atoms with Crippen LogP contribution in [0.5, 0.6) is 0 Å². The summed E-state index contributed by atoms with van der Waals surface area (Å²) in [6, 6.07) is 3.88. The molecule has 0 radical (unpaired) electrons. The smallest absolute Gasteiger partial charge is 0.341 e. The molecule has 1 fully saturated rings. The lowest BCUT2D eigenvalue weighted by molar-refractivity contribution is 0.0600. The second-order valence-electron chi connectivity index (χ2n) is 7.16. The zero-order chi connectivity index (χ0) is 19.5. The van der Waals surface area contributed by atoms with E-state index < -0.39 is 5.97 Å². The Balaban J connectivity index is 1.73. The van der Waals surface area contributed by atoms with Gasteiger partial charge >= 0.3 is 5.97 Å². The van der Waals surface area contributed by atoms with Gasteiger partial charge < -0.3 is 13.7 Å². The molecule has 0 aliphatic carbocycles. The van der Waals surface area contributed by atoms with E-state index in [2.05, 4.69) is 15.1 Å². The Labute approximate surface area is 162 Å². The fraction of sp³-hybridized carbons (Fsp3) is 0.450. The largest absolute Gasteiger partial charge is 0.468 e. The number of nitrogens with one attached hydrogen (secondary N) is 1. The molecule has 0 unspecified atom stereocenters. The molecule has 3 aliphatic heterocycles. The van der Waals surface area contributed by atoms with Gasteiger partial charge in [0.2, 0.25) is 0 Å². The molecule has 0 bridgehead atoms. The molecule has 4 rings (SSSR count). The molecule has 0 saturated carbocycles. The van der Waals surface area contributed by atoms with E-state index in [1.807, 2.05) is 16.7 Å². The van der Waals surface area contributed by atoms with Crippen molar-refractivity contribution >= 4 is 5.97 Å². The first-order valence-corrected chi connectivity index (χ1v) is 9.61.